The van der Waals surface area contributed by atoms with Gasteiger partial charge in [-0.2, -0.15) is 5.26 Å². The van der Waals surface area contributed by atoms with Crippen LogP contribution in [-0.2, 0) is 11.3 Å². The second kappa shape index (κ2) is 7.74. The molecule has 20 heavy (non-hydrogen) atoms. The van der Waals surface area contributed by atoms with Gasteiger partial charge in [0.1, 0.15) is 5.76 Å². The third kappa shape index (κ3) is 4.41. The summed E-state index contributed by atoms with van der Waals surface area (Å²) in [5.74, 6) is 1.46. The van der Waals surface area contributed by atoms with Gasteiger partial charge in [0.05, 0.1) is 25.3 Å². The minimum atomic E-state index is 0.156. The van der Waals surface area contributed by atoms with Gasteiger partial charge in [0, 0.05) is 13.0 Å². The number of hydrogen-bond acceptors (Lipinski definition) is 3. The molecule has 4 nitrogen and oxygen atoms in total. The molecule has 1 heterocycles. The highest BCUT2D eigenvalue weighted by Gasteiger charge is 2.21. The fourth-order valence-corrected chi connectivity index (χ4v) is 2.83. The largest absolute Gasteiger partial charge is 0.467 e. The van der Waals surface area contributed by atoms with Crippen LogP contribution in [-0.4, -0.2) is 17.4 Å². The third-order valence-corrected chi connectivity index (χ3v) is 3.96. The molecular formula is C16H22N2O2. The van der Waals surface area contributed by atoms with Crippen molar-refractivity contribution in [2.24, 2.45) is 5.92 Å². The highest BCUT2D eigenvalue weighted by Crippen LogP contribution is 2.27. The average Bonchev–Trinajstić information content (AvgIpc) is 2.97. The Morgan fingerprint density at radius 2 is 2.20 bits per heavy atom. The molecule has 0 saturated heterocycles. The lowest BCUT2D eigenvalue weighted by Crippen LogP contribution is -2.33. The van der Waals surface area contributed by atoms with E-state index in [0.717, 1.165) is 5.76 Å². The number of furan rings is 1. The second-order valence-electron chi connectivity index (χ2n) is 5.51. The molecule has 1 aromatic heterocycles. The second-order valence-corrected chi connectivity index (χ2v) is 5.51. The molecule has 0 bridgehead atoms. The predicted molar refractivity (Wildman–Crippen MR) is 75.5 cm³/mol. The van der Waals surface area contributed by atoms with Gasteiger partial charge in [0.15, 0.2) is 0 Å². The van der Waals surface area contributed by atoms with Crippen molar-refractivity contribution in [1.82, 2.24) is 4.90 Å². The molecule has 0 spiro atoms. The van der Waals surface area contributed by atoms with Crippen molar-refractivity contribution >= 4 is 5.91 Å². The molecular weight excluding hydrogens is 252 g/mol. The van der Waals surface area contributed by atoms with Crippen LogP contribution in [0.15, 0.2) is 22.8 Å². The fraction of sp³-hybridized carbons (Fsp3) is 0.625. The van der Waals surface area contributed by atoms with Crippen molar-refractivity contribution in [2.75, 3.05) is 6.54 Å². The zero-order valence-electron chi connectivity index (χ0n) is 11.9. The minimum absolute atomic E-state index is 0.156. The number of amides is 1. The van der Waals surface area contributed by atoms with Gasteiger partial charge < -0.3 is 9.32 Å². The SMILES string of the molecule is N#CCCN(Cc1ccco1)C(=O)CC1CCCCC1. The zero-order valence-corrected chi connectivity index (χ0v) is 11.9. The van der Waals surface area contributed by atoms with Gasteiger partial charge in [-0.25, -0.2) is 0 Å². The number of carbonyl (C=O) groups excluding carboxylic acids is 1. The molecule has 0 N–H and O–H groups in total. The van der Waals surface area contributed by atoms with Gasteiger partial charge in [-0.1, -0.05) is 19.3 Å². The summed E-state index contributed by atoms with van der Waals surface area (Å²) in [4.78, 5) is 14.2. The van der Waals surface area contributed by atoms with E-state index < -0.39 is 0 Å². The van der Waals surface area contributed by atoms with Crippen molar-refractivity contribution < 1.29 is 9.21 Å². The molecule has 1 aliphatic rings. The number of rotatable bonds is 6. The maximum absolute atomic E-state index is 12.4. The molecule has 1 amide bonds. The minimum Gasteiger partial charge on any atom is -0.467 e. The molecule has 0 unspecified atom stereocenters. The topological polar surface area (TPSA) is 57.2 Å². The van der Waals surface area contributed by atoms with E-state index in [0.29, 0.717) is 31.8 Å². The van der Waals surface area contributed by atoms with Gasteiger partial charge in [-0.15, -0.1) is 0 Å². The molecule has 0 aromatic carbocycles. The van der Waals surface area contributed by atoms with Crippen LogP contribution in [0, 0.1) is 17.2 Å². The van der Waals surface area contributed by atoms with Crippen LogP contribution < -0.4 is 0 Å². The van der Waals surface area contributed by atoms with Crippen LogP contribution in [0.1, 0.15) is 50.7 Å². The van der Waals surface area contributed by atoms with Crippen molar-refractivity contribution in [3.05, 3.63) is 24.2 Å². The van der Waals surface area contributed by atoms with Crippen molar-refractivity contribution in [3.63, 3.8) is 0 Å². The summed E-state index contributed by atoms with van der Waals surface area (Å²) in [7, 11) is 0. The third-order valence-electron chi connectivity index (χ3n) is 3.96. The summed E-state index contributed by atoms with van der Waals surface area (Å²) < 4.78 is 5.31. The van der Waals surface area contributed by atoms with E-state index in [9.17, 15) is 4.79 Å². The van der Waals surface area contributed by atoms with E-state index in [1.165, 1.54) is 32.1 Å². The Morgan fingerprint density at radius 1 is 1.40 bits per heavy atom. The monoisotopic (exact) mass is 274 g/mol. The van der Waals surface area contributed by atoms with E-state index in [2.05, 4.69) is 6.07 Å². The van der Waals surface area contributed by atoms with E-state index in [1.807, 2.05) is 12.1 Å². The zero-order chi connectivity index (χ0) is 14.2. The average molecular weight is 274 g/mol. The predicted octanol–water partition coefficient (Wildman–Crippen LogP) is 3.49. The smallest absolute Gasteiger partial charge is 0.223 e. The molecule has 0 atom stereocenters. The molecule has 0 radical (unpaired) electrons. The number of carbonyl (C=O) groups is 1. The quantitative estimate of drug-likeness (QED) is 0.797. The maximum Gasteiger partial charge on any atom is 0.223 e. The highest BCUT2D eigenvalue weighted by molar-refractivity contribution is 5.76. The van der Waals surface area contributed by atoms with Crippen molar-refractivity contribution in [2.45, 2.75) is 51.5 Å². The summed E-state index contributed by atoms with van der Waals surface area (Å²) in [6, 6.07) is 5.80. The summed E-state index contributed by atoms with van der Waals surface area (Å²) in [6.45, 7) is 0.961. The highest BCUT2D eigenvalue weighted by atomic mass is 16.3. The van der Waals surface area contributed by atoms with Crippen LogP contribution in [0.2, 0.25) is 0 Å². The Hall–Kier alpha value is -1.76. The maximum atomic E-state index is 12.4. The van der Waals surface area contributed by atoms with Crippen LogP contribution >= 0.6 is 0 Å². The van der Waals surface area contributed by atoms with Crippen LogP contribution in [0.5, 0.6) is 0 Å². The van der Waals surface area contributed by atoms with E-state index in [-0.39, 0.29) is 5.91 Å². The van der Waals surface area contributed by atoms with Crippen LogP contribution in [0.4, 0.5) is 0 Å². The van der Waals surface area contributed by atoms with Crippen LogP contribution in [0.3, 0.4) is 0 Å². The lowest BCUT2D eigenvalue weighted by atomic mass is 9.86. The molecule has 0 aliphatic heterocycles. The number of nitriles is 1. The first-order chi connectivity index (χ1) is 9.79. The van der Waals surface area contributed by atoms with Crippen molar-refractivity contribution in [3.8, 4) is 6.07 Å². The fourth-order valence-electron chi connectivity index (χ4n) is 2.83. The number of nitrogens with zero attached hydrogens (tertiary/aromatic N) is 2. The van der Waals surface area contributed by atoms with Gasteiger partial charge in [0.25, 0.3) is 0 Å². The molecule has 1 saturated carbocycles. The lowest BCUT2D eigenvalue weighted by Gasteiger charge is -2.26. The van der Waals surface area contributed by atoms with Gasteiger partial charge in [0.2, 0.25) is 5.91 Å². The Balaban J connectivity index is 1.90. The van der Waals surface area contributed by atoms with E-state index in [1.54, 1.807) is 11.2 Å². The van der Waals surface area contributed by atoms with Crippen LogP contribution in [0.25, 0.3) is 0 Å². The summed E-state index contributed by atoms with van der Waals surface area (Å²) in [5, 5.41) is 8.73. The Kier molecular flexibility index (Phi) is 5.67. The standard InChI is InChI=1S/C16H22N2O2/c17-9-5-10-18(13-15-8-4-11-20-15)16(19)12-14-6-2-1-3-7-14/h4,8,11,14H,1-3,5-7,10,12-13H2. The lowest BCUT2D eigenvalue weighted by molar-refractivity contribution is -0.133. The van der Waals surface area contributed by atoms with E-state index >= 15 is 0 Å². The molecule has 1 aromatic rings. The Bertz CT molecular complexity index is 442. The molecule has 4 heteroatoms. The molecule has 1 fully saturated rings. The molecule has 1 aliphatic carbocycles. The number of hydrogen-bond donors (Lipinski definition) is 0. The van der Waals surface area contributed by atoms with Gasteiger partial charge in [-0.05, 0) is 30.9 Å². The first kappa shape index (κ1) is 14.6. The van der Waals surface area contributed by atoms with Crippen molar-refractivity contribution in [1.29, 1.82) is 5.26 Å². The Morgan fingerprint density at radius 3 is 2.85 bits per heavy atom. The summed E-state index contributed by atoms with van der Waals surface area (Å²) >= 11 is 0. The first-order valence-corrected chi connectivity index (χ1v) is 7.46. The summed E-state index contributed by atoms with van der Waals surface area (Å²) in [6.07, 6.45) is 8.72. The van der Waals surface area contributed by atoms with E-state index in [4.69, 9.17) is 9.68 Å². The van der Waals surface area contributed by atoms with Gasteiger partial charge in [-0.3, -0.25) is 4.79 Å². The normalized spacial score (nSPS) is 15.8. The van der Waals surface area contributed by atoms with Gasteiger partial charge >= 0.3 is 0 Å². The molecule has 2 rings (SSSR count). The summed E-state index contributed by atoms with van der Waals surface area (Å²) in [5.41, 5.74) is 0. The molecule has 108 valence electrons. The first-order valence-electron chi connectivity index (χ1n) is 7.46. The Labute approximate surface area is 120 Å².